The fourth-order valence-electron chi connectivity index (χ4n) is 3.23. The Bertz CT molecular complexity index is 1280. The topological polar surface area (TPSA) is 56.5 Å². The van der Waals surface area contributed by atoms with E-state index in [9.17, 15) is 9.59 Å². The molecule has 29 heavy (non-hydrogen) atoms. The van der Waals surface area contributed by atoms with Crippen molar-refractivity contribution in [1.82, 2.24) is 0 Å². The smallest absolute Gasteiger partial charge is 0.344 e. The molecule has 0 atom stereocenters. The van der Waals surface area contributed by atoms with Crippen LogP contribution in [0.15, 0.2) is 75.9 Å². The van der Waals surface area contributed by atoms with E-state index in [4.69, 9.17) is 9.15 Å². The summed E-state index contributed by atoms with van der Waals surface area (Å²) >= 11 is 0. The molecule has 0 fully saturated rings. The van der Waals surface area contributed by atoms with Gasteiger partial charge < -0.3 is 9.15 Å². The molecule has 0 aliphatic heterocycles. The normalized spacial score (nSPS) is 10.9. The number of ether oxygens (including phenoxy) is 1. The molecule has 0 unspecified atom stereocenters. The number of fused-ring (bicyclic) bond motifs is 1. The van der Waals surface area contributed by atoms with Crippen LogP contribution < -0.4 is 10.2 Å². The SMILES string of the molecule is Cc1ccc(-c2oc3ccc(C)cc3c(=O)c2OC(=O)c2ccccc2C)cc1. The number of rotatable bonds is 3. The third-order valence-electron chi connectivity index (χ3n) is 4.88. The predicted molar refractivity (Wildman–Crippen MR) is 114 cm³/mol. The second-order valence-corrected chi connectivity index (χ2v) is 7.16. The molecule has 1 heterocycles. The average molecular weight is 384 g/mol. The molecule has 0 amide bonds. The van der Waals surface area contributed by atoms with Crippen molar-refractivity contribution in [3.63, 3.8) is 0 Å². The van der Waals surface area contributed by atoms with E-state index in [1.54, 1.807) is 24.3 Å². The number of benzene rings is 3. The maximum Gasteiger partial charge on any atom is 0.344 e. The molecule has 0 N–H and O–H groups in total. The van der Waals surface area contributed by atoms with Crippen LogP contribution in [0.3, 0.4) is 0 Å². The lowest BCUT2D eigenvalue weighted by atomic mass is 10.1. The van der Waals surface area contributed by atoms with Crippen LogP contribution in [0.5, 0.6) is 5.75 Å². The van der Waals surface area contributed by atoms with E-state index < -0.39 is 5.97 Å². The molecule has 4 nitrogen and oxygen atoms in total. The third kappa shape index (κ3) is 3.57. The van der Waals surface area contributed by atoms with Gasteiger partial charge in [0.2, 0.25) is 11.2 Å². The minimum atomic E-state index is -0.587. The summed E-state index contributed by atoms with van der Waals surface area (Å²) in [5.41, 5.74) is 3.93. The Balaban J connectivity index is 1.92. The van der Waals surface area contributed by atoms with E-state index in [0.717, 1.165) is 16.7 Å². The highest BCUT2D eigenvalue weighted by Gasteiger charge is 2.22. The molecule has 4 rings (SSSR count). The van der Waals surface area contributed by atoms with Crippen molar-refractivity contribution in [3.05, 3.63) is 99.2 Å². The third-order valence-corrected chi connectivity index (χ3v) is 4.88. The van der Waals surface area contributed by atoms with E-state index in [1.807, 2.05) is 63.2 Å². The summed E-state index contributed by atoms with van der Waals surface area (Å²) in [4.78, 5) is 26.1. The van der Waals surface area contributed by atoms with E-state index in [0.29, 0.717) is 22.1 Å². The average Bonchev–Trinajstić information content (AvgIpc) is 2.71. The lowest BCUT2D eigenvalue weighted by molar-refractivity contribution is 0.0730. The summed E-state index contributed by atoms with van der Waals surface area (Å²) in [5.74, 6) is -0.441. The van der Waals surface area contributed by atoms with Crippen molar-refractivity contribution < 1.29 is 13.9 Å². The largest absolute Gasteiger partial charge is 0.452 e. The molecule has 0 saturated carbocycles. The van der Waals surface area contributed by atoms with Crippen LogP contribution >= 0.6 is 0 Å². The van der Waals surface area contributed by atoms with Gasteiger partial charge in [-0.1, -0.05) is 59.7 Å². The monoisotopic (exact) mass is 384 g/mol. The van der Waals surface area contributed by atoms with Gasteiger partial charge in [0, 0.05) is 5.56 Å². The van der Waals surface area contributed by atoms with Gasteiger partial charge in [-0.3, -0.25) is 4.79 Å². The first-order valence-corrected chi connectivity index (χ1v) is 9.36. The number of carbonyl (C=O) groups is 1. The van der Waals surface area contributed by atoms with Crippen molar-refractivity contribution in [1.29, 1.82) is 0 Å². The summed E-state index contributed by atoms with van der Waals surface area (Å²) in [5, 5.41) is 0.383. The van der Waals surface area contributed by atoms with Crippen molar-refractivity contribution >= 4 is 16.9 Å². The van der Waals surface area contributed by atoms with E-state index in [1.165, 1.54) is 0 Å². The Morgan fingerprint density at radius 1 is 0.862 bits per heavy atom. The second-order valence-electron chi connectivity index (χ2n) is 7.16. The minimum Gasteiger partial charge on any atom is -0.452 e. The molecule has 0 bridgehead atoms. The first kappa shape index (κ1) is 18.7. The molecule has 4 heteroatoms. The molecular weight excluding hydrogens is 364 g/mol. The van der Waals surface area contributed by atoms with Crippen LogP contribution in [0, 0.1) is 20.8 Å². The highest BCUT2D eigenvalue weighted by molar-refractivity contribution is 5.94. The van der Waals surface area contributed by atoms with Crippen LogP contribution in [-0.4, -0.2) is 5.97 Å². The van der Waals surface area contributed by atoms with Gasteiger partial charge in [-0.2, -0.15) is 0 Å². The molecule has 0 spiro atoms. The minimum absolute atomic E-state index is 0.0970. The number of hydrogen-bond acceptors (Lipinski definition) is 4. The zero-order chi connectivity index (χ0) is 20.5. The quantitative estimate of drug-likeness (QED) is 0.431. The fourth-order valence-corrected chi connectivity index (χ4v) is 3.23. The number of hydrogen-bond donors (Lipinski definition) is 0. The predicted octanol–water partition coefficient (Wildman–Crippen LogP) is 5.60. The Kier molecular flexibility index (Phi) is 4.77. The first-order valence-electron chi connectivity index (χ1n) is 9.36. The van der Waals surface area contributed by atoms with E-state index in [-0.39, 0.29) is 16.9 Å². The zero-order valence-corrected chi connectivity index (χ0v) is 16.5. The fraction of sp³-hybridized carbons (Fsp3) is 0.120. The van der Waals surface area contributed by atoms with Crippen LogP contribution in [0.2, 0.25) is 0 Å². The van der Waals surface area contributed by atoms with Gasteiger partial charge in [-0.15, -0.1) is 0 Å². The Morgan fingerprint density at radius 2 is 1.55 bits per heavy atom. The van der Waals surface area contributed by atoms with Gasteiger partial charge in [-0.25, -0.2) is 4.79 Å². The Labute approximate surface area is 168 Å². The highest BCUT2D eigenvalue weighted by Crippen LogP contribution is 2.32. The number of carbonyl (C=O) groups excluding carboxylic acids is 1. The summed E-state index contributed by atoms with van der Waals surface area (Å²) in [6.45, 7) is 5.69. The maximum atomic E-state index is 13.3. The summed E-state index contributed by atoms with van der Waals surface area (Å²) in [6.07, 6.45) is 0. The van der Waals surface area contributed by atoms with Crippen LogP contribution in [0.4, 0.5) is 0 Å². The molecule has 0 saturated heterocycles. The standard InChI is InChI=1S/C25H20O4/c1-15-8-11-18(12-9-15)23-24(29-25(27)19-7-5-4-6-17(19)3)22(26)20-14-16(2)10-13-21(20)28-23/h4-14H,1-3H3. The van der Waals surface area contributed by atoms with Crippen LogP contribution in [0.25, 0.3) is 22.3 Å². The maximum absolute atomic E-state index is 13.3. The molecule has 1 aromatic heterocycles. The summed E-state index contributed by atoms with van der Waals surface area (Å²) < 4.78 is 11.7. The van der Waals surface area contributed by atoms with Crippen molar-refractivity contribution in [2.75, 3.05) is 0 Å². The highest BCUT2D eigenvalue weighted by atomic mass is 16.5. The molecule has 4 aromatic rings. The van der Waals surface area contributed by atoms with E-state index >= 15 is 0 Å². The van der Waals surface area contributed by atoms with Crippen LogP contribution in [0.1, 0.15) is 27.0 Å². The van der Waals surface area contributed by atoms with Gasteiger partial charge in [0.1, 0.15) is 5.58 Å². The summed E-state index contributed by atoms with van der Waals surface area (Å²) in [7, 11) is 0. The molecule has 144 valence electrons. The van der Waals surface area contributed by atoms with Gasteiger partial charge in [0.25, 0.3) is 0 Å². The molecule has 3 aromatic carbocycles. The van der Waals surface area contributed by atoms with Crippen molar-refractivity contribution in [3.8, 4) is 17.1 Å². The van der Waals surface area contributed by atoms with Gasteiger partial charge in [0.15, 0.2) is 5.76 Å². The lowest BCUT2D eigenvalue weighted by Crippen LogP contribution is -2.17. The van der Waals surface area contributed by atoms with Crippen LogP contribution in [-0.2, 0) is 0 Å². The Morgan fingerprint density at radius 3 is 2.28 bits per heavy atom. The van der Waals surface area contributed by atoms with Gasteiger partial charge in [0.05, 0.1) is 10.9 Å². The summed E-state index contributed by atoms with van der Waals surface area (Å²) in [6, 6.07) is 20.0. The van der Waals surface area contributed by atoms with Gasteiger partial charge >= 0.3 is 5.97 Å². The Hall–Kier alpha value is -3.66. The lowest BCUT2D eigenvalue weighted by Gasteiger charge is -2.12. The number of esters is 1. The van der Waals surface area contributed by atoms with Crippen molar-refractivity contribution in [2.24, 2.45) is 0 Å². The number of aryl methyl sites for hydroxylation is 3. The second kappa shape index (κ2) is 7.40. The van der Waals surface area contributed by atoms with Crippen molar-refractivity contribution in [2.45, 2.75) is 20.8 Å². The molecule has 0 radical (unpaired) electrons. The van der Waals surface area contributed by atoms with Gasteiger partial charge in [-0.05, 0) is 44.5 Å². The molecule has 0 aliphatic rings. The molecular formula is C25H20O4. The first-order chi connectivity index (χ1) is 13.9. The van der Waals surface area contributed by atoms with E-state index in [2.05, 4.69) is 0 Å². The zero-order valence-electron chi connectivity index (χ0n) is 16.5. The molecule has 0 aliphatic carbocycles.